The Morgan fingerprint density at radius 2 is 2.15 bits per heavy atom. The minimum Gasteiger partial charge on any atom is -0.495 e. The van der Waals surface area contributed by atoms with Gasteiger partial charge in [-0.25, -0.2) is 0 Å². The van der Waals surface area contributed by atoms with Crippen LogP contribution >= 0.6 is 0 Å². The molecule has 2 aromatic rings. The molecular weight excluding hydrogens is 250 g/mol. The van der Waals surface area contributed by atoms with Gasteiger partial charge in [0.15, 0.2) is 0 Å². The van der Waals surface area contributed by atoms with E-state index in [9.17, 15) is 0 Å². The topological polar surface area (TPSA) is 60.2 Å². The number of benzene rings is 1. The van der Waals surface area contributed by atoms with E-state index in [1.807, 2.05) is 42.6 Å². The predicted molar refractivity (Wildman–Crippen MR) is 81.6 cm³/mol. The lowest BCUT2D eigenvalue weighted by Gasteiger charge is -2.14. The standard InChI is InChI=1S/C16H21N3O/c1-12(19-11-14-5-3-4-8-18-14)9-13-6-7-16(20-2)15(17)10-13/h3-8,10,12,19H,9,11,17H2,1-2H3. The summed E-state index contributed by atoms with van der Waals surface area (Å²) < 4.78 is 5.16. The highest BCUT2D eigenvalue weighted by Gasteiger charge is 2.06. The van der Waals surface area contributed by atoms with Crippen LogP contribution in [0.2, 0.25) is 0 Å². The van der Waals surface area contributed by atoms with E-state index in [4.69, 9.17) is 10.5 Å². The van der Waals surface area contributed by atoms with Gasteiger partial charge in [0.05, 0.1) is 18.5 Å². The monoisotopic (exact) mass is 271 g/mol. The fourth-order valence-electron chi connectivity index (χ4n) is 2.12. The quantitative estimate of drug-likeness (QED) is 0.792. The van der Waals surface area contributed by atoms with Crippen molar-refractivity contribution in [3.05, 3.63) is 53.9 Å². The van der Waals surface area contributed by atoms with Crippen LogP contribution in [0.25, 0.3) is 0 Å². The lowest BCUT2D eigenvalue weighted by molar-refractivity contribution is 0.416. The molecule has 1 aromatic carbocycles. The first kappa shape index (κ1) is 14.3. The highest BCUT2D eigenvalue weighted by atomic mass is 16.5. The van der Waals surface area contributed by atoms with Crippen molar-refractivity contribution in [1.82, 2.24) is 10.3 Å². The third-order valence-corrected chi connectivity index (χ3v) is 3.19. The molecule has 1 heterocycles. The summed E-state index contributed by atoms with van der Waals surface area (Å²) in [5.74, 6) is 0.725. The summed E-state index contributed by atoms with van der Waals surface area (Å²) in [5, 5.41) is 3.46. The summed E-state index contributed by atoms with van der Waals surface area (Å²) >= 11 is 0. The highest BCUT2D eigenvalue weighted by molar-refractivity contribution is 5.54. The minimum atomic E-state index is 0.352. The molecule has 2 rings (SSSR count). The van der Waals surface area contributed by atoms with Crippen molar-refractivity contribution in [3.8, 4) is 5.75 Å². The van der Waals surface area contributed by atoms with Gasteiger partial charge in [0.1, 0.15) is 5.75 Å². The third kappa shape index (κ3) is 3.96. The van der Waals surface area contributed by atoms with Crippen LogP contribution in [0.15, 0.2) is 42.6 Å². The summed E-state index contributed by atoms with van der Waals surface area (Å²) in [6.45, 7) is 2.93. The second-order valence-corrected chi connectivity index (χ2v) is 4.88. The van der Waals surface area contributed by atoms with Gasteiger partial charge < -0.3 is 15.8 Å². The van der Waals surface area contributed by atoms with Crippen molar-refractivity contribution >= 4 is 5.69 Å². The van der Waals surface area contributed by atoms with Crippen LogP contribution in [0.3, 0.4) is 0 Å². The largest absolute Gasteiger partial charge is 0.495 e. The van der Waals surface area contributed by atoms with Gasteiger partial charge in [-0.1, -0.05) is 12.1 Å². The number of nitrogens with one attached hydrogen (secondary N) is 1. The molecule has 0 radical (unpaired) electrons. The molecule has 1 aromatic heterocycles. The number of rotatable bonds is 6. The van der Waals surface area contributed by atoms with Crippen molar-refractivity contribution in [1.29, 1.82) is 0 Å². The first-order valence-electron chi connectivity index (χ1n) is 6.74. The molecule has 0 aliphatic carbocycles. The maximum atomic E-state index is 5.92. The summed E-state index contributed by atoms with van der Waals surface area (Å²) in [6, 6.07) is 12.2. The Morgan fingerprint density at radius 3 is 2.80 bits per heavy atom. The molecule has 0 spiro atoms. The van der Waals surface area contributed by atoms with Gasteiger partial charge in [-0.3, -0.25) is 4.98 Å². The predicted octanol–water partition coefficient (Wildman–Crippen LogP) is 2.39. The van der Waals surface area contributed by atoms with E-state index >= 15 is 0 Å². The van der Waals surface area contributed by atoms with Gasteiger partial charge in [-0.2, -0.15) is 0 Å². The number of anilines is 1. The average Bonchev–Trinajstić information content (AvgIpc) is 2.46. The van der Waals surface area contributed by atoms with E-state index in [0.29, 0.717) is 11.7 Å². The molecule has 1 atom stereocenters. The Kier molecular flexibility index (Phi) is 4.96. The van der Waals surface area contributed by atoms with Gasteiger partial charge in [0.2, 0.25) is 0 Å². The molecule has 0 bridgehead atoms. The number of hydrogen-bond donors (Lipinski definition) is 2. The van der Waals surface area contributed by atoms with Crippen LogP contribution in [0.4, 0.5) is 5.69 Å². The van der Waals surface area contributed by atoms with Gasteiger partial charge in [-0.15, -0.1) is 0 Å². The number of nitrogens with two attached hydrogens (primary N) is 1. The molecular formula is C16H21N3O. The first-order valence-corrected chi connectivity index (χ1v) is 6.74. The Hall–Kier alpha value is -2.07. The smallest absolute Gasteiger partial charge is 0.141 e. The molecule has 4 heteroatoms. The van der Waals surface area contributed by atoms with Gasteiger partial charge in [0.25, 0.3) is 0 Å². The molecule has 20 heavy (non-hydrogen) atoms. The molecule has 1 unspecified atom stereocenters. The lowest BCUT2D eigenvalue weighted by atomic mass is 10.1. The number of nitrogen functional groups attached to an aromatic ring is 1. The summed E-state index contributed by atoms with van der Waals surface area (Å²) in [7, 11) is 1.63. The summed E-state index contributed by atoms with van der Waals surface area (Å²) in [5.41, 5.74) is 8.85. The van der Waals surface area contributed by atoms with E-state index < -0.39 is 0 Å². The summed E-state index contributed by atoms with van der Waals surface area (Å²) in [6.07, 6.45) is 2.73. The fraction of sp³-hybridized carbons (Fsp3) is 0.312. The van der Waals surface area contributed by atoms with Crippen molar-refractivity contribution < 1.29 is 4.74 Å². The van der Waals surface area contributed by atoms with Gasteiger partial charge >= 0.3 is 0 Å². The number of aromatic nitrogens is 1. The molecule has 3 N–H and O–H groups in total. The molecule has 4 nitrogen and oxygen atoms in total. The zero-order chi connectivity index (χ0) is 14.4. The van der Waals surface area contributed by atoms with Crippen LogP contribution in [0, 0.1) is 0 Å². The Labute approximate surface area is 120 Å². The number of hydrogen-bond acceptors (Lipinski definition) is 4. The van der Waals surface area contributed by atoms with Gasteiger partial charge in [-0.05, 0) is 43.2 Å². The first-order chi connectivity index (χ1) is 9.69. The van der Waals surface area contributed by atoms with Crippen molar-refractivity contribution in [3.63, 3.8) is 0 Å². The van der Waals surface area contributed by atoms with Crippen LogP contribution in [0.5, 0.6) is 5.75 Å². The Morgan fingerprint density at radius 1 is 1.30 bits per heavy atom. The molecule has 0 aliphatic rings. The van der Waals surface area contributed by atoms with E-state index in [1.54, 1.807) is 7.11 Å². The van der Waals surface area contributed by atoms with Crippen molar-refractivity contribution in [2.24, 2.45) is 0 Å². The van der Waals surface area contributed by atoms with E-state index in [1.165, 1.54) is 5.56 Å². The van der Waals surface area contributed by atoms with Crippen LogP contribution < -0.4 is 15.8 Å². The van der Waals surface area contributed by atoms with E-state index in [-0.39, 0.29) is 0 Å². The number of nitrogens with zero attached hydrogens (tertiary/aromatic N) is 1. The van der Waals surface area contributed by atoms with Gasteiger partial charge in [0, 0.05) is 18.8 Å². The molecule has 0 saturated carbocycles. The number of pyridine rings is 1. The maximum Gasteiger partial charge on any atom is 0.141 e. The Balaban J connectivity index is 1.88. The van der Waals surface area contributed by atoms with Crippen molar-refractivity contribution in [2.45, 2.75) is 25.9 Å². The average molecular weight is 271 g/mol. The maximum absolute atomic E-state index is 5.92. The SMILES string of the molecule is COc1ccc(CC(C)NCc2ccccn2)cc1N. The highest BCUT2D eigenvalue weighted by Crippen LogP contribution is 2.22. The molecule has 106 valence electrons. The van der Waals surface area contributed by atoms with Crippen LogP contribution in [-0.4, -0.2) is 18.1 Å². The molecule has 0 fully saturated rings. The normalized spacial score (nSPS) is 12.1. The van der Waals surface area contributed by atoms with E-state index in [2.05, 4.69) is 17.2 Å². The number of ether oxygens (including phenoxy) is 1. The molecule has 0 amide bonds. The van der Waals surface area contributed by atoms with Crippen molar-refractivity contribution in [2.75, 3.05) is 12.8 Å². The lowest BCUT2D eigenvalue weighted by Crippen LogP contribution is -2.27. The molecule has 0 saturated heterocycles. The zero-order valence-electron chi connectivity index (χ0n) is 12.0. The zero-order valence-corrected chi connectivity index (χ0v) is 12.0. The fourth-order valence-corrected chi connectivity index (χ4v) is 2.12. The minimum absolute atomic E-state index is 0.352. The summed E-state index contributed by atoms with van der Waals surface area (Å²) in [4.78, 5) is 4.30. The van der Waals surface area contributed by atoms with Crippen LogP contribution in [0.1, 0.15) is 18.2 Å². The second kappa shape index (κ2) is 6.91. The van der Waals surface area contributed by atoms with E-state index in [0.717, 1.165) is 24.4 Å². The third-order valence-electron chi connectivity index (χ3n) is 3.19. The Bertz CT molecular complexity index is 543. The number of methoxy groups -OCH3 is 1. The second-order valence-electron chi connectivity index (χ2n) is 4.88. The van der Waals surface area contributed by atoms with Crippen LogP contribution in [-0.2, 0) is 13.0 Å². The molecule has 0 aliphatic heterocycles.